The van der Waals surface area contributed by atoms with E-state index in [1.54, 1.807) is 7.11 Å². The normalized spacial score (nSPS) is 18.9. The van der Waals surface area contributed by atoms with Crippen molar-refractivity contribution in [2.75, 3.05) is 27.0 Å². The molecule has 1 aliphatic carbocycles. The largest absolute Gasteiger partial charge is 0.496 e. The molecule has 35 heavy (non-hydrogen) atoms. The number of likely N-dealkylation sites (tertiary alicyclic amines) is 1. The number of aromatic nitrogens is 1. The number of carbonyl (C=O) groups is 1. The zero-order valence-corrected chi connectivity index (χ0v) is 20.0. The molecular formula is C29H30N2O4. The first-order valence-electron chi connectivity index (χ1n) is 12.4. The average Bonchev–Trinajstić information content (AvgIpc) is 3.29. The maximum Gasteiger partial charge on any atom is 0.231 e. The first-order chi connectivity index (χ1) is 17.2. The molecule has 1 saturated heterocycles. The van der Waals surface area contributed by atoms with Crippen LogP contribution in [0.1, 0.15) is 54.1 Å². The van der Waals surface area contributed by atoms with Gasteiger partial charge in [-0.15, -0.1) is 0 Å². The average molecular weight is 471 g/mol. The molecule has 1 aromatic heterocycles. The number of rotatable bonds is 8. The Bertz CT molecular complexity index is 1230. The number of fused-ring (bicyclic) bond motifs is 1. The number of methoxy groups -OCH3 is 1. The number of nitrogens with zero attached hydrogens (tertiary/aromatic N) is 2. The molecule has 0 bridgehead atoms. The molecule has 1 saturated carbocycles. The molecule has 6 nitrogen and oxygen atoms in total. The summed E-state index contributed by atoms with van der Waals surface area (Å²) in [7, 11) is 1.72. The second kappa shape index (κ2) is 9.00. The number of hydrogen-bond acceptors (Lipinski definition) is 6. The predicted molar refractivity (Wildman–Crippen MR) is 132 cm³/mol. The SMILES string of the molecule is COc1ccccc1C(c1ccc(CC(=O)C2(c3ccc4c(c3)OCO4)CC2)nc1)N1CCCC1. The zero-order chi connectivity index (χ0) is 23.8. The van der Waals surface area contributed by atoms with Crippen molar-refractivity contribution in [3.8, 4) is 17.2 Å². The second-order valence-electron chi connectivity index (χ2n) is 9.72. The molecule has 6 rings (SSSR count). The maximum atomic E-state index is 13.4. The van der Waals surface area contributed by atoms with Crippen LogP contribution in [0.5, 0.6) is 17.2 Å². The van der Waals surface area contributed by atoms with Gasteiger partial charge in [-0.3, -0.25) is 14.7 Å². The van der Waals surface area contributed by atoms with Gasteiger partial charge in [-0.25, -0.2) is 0 Å². The van der Waals surface area contributed by atoms with Crippen molar-refractivity contribution in [1.82, 2.24) is 9.88 Å². The third-order valence-corrected chi connectivity index (χ3v) is 7.65. The van der Waals surface area contributed by atoms with Gasteiger partial charge < -0.3 is 14.2 Å². The third-order valence-electron chi connectivity index (χ3n) is 7.65. The standard InChI is InChI=1S/C29H30N2O4/c1-33-24-7-3-2-6-23(24)28(31-14-4-5-15-31)20-8-10-22(30-18-20)17-27(32)29(12-13-29)21-9-11-25-26(16-21)35-19-34-25/h2-3,6-11,16,18,28H,4-5,12-15,17,19H2,1H3. The number of ether oxygens (including phenoxy) is 3. The van der Waals surface area contributed by atoms with Crippen molar-refractivity contribution in [2.24, 2.45) is 0 Å². The second-order valence-corrected chi connectivity index (χ2v) is 9.72. The number of Topliss-reactive ketones (excluding diaryl/α,β-unsaturated/α-hetero) is 1. The summed E-state index contributed by atoms with van der Waals surface area (Å²) < 4.78 is 16.6. The fourth-order valence-electron chi connectivity index (χ4n) is 5.56. The van der Waals surface area contributed by atoms with Crippen molar-refractivity contribution in [3.63, 3.8) is 0 Å². The summed E-state index contributed by atoms with van der Waals surface area (Å²) in [6.45, 7) is 2.35. The van der Waals surface area contributed by atoms with Crippen molar-refractivity contribution < 1.29 is 19.0 Å². The minimum Gasteiger partial charge on any atom is -0.496 e. The Balaban J connectivity index is 1.23. The maximum absolute atomic E-state index is 13.4. The van der Waals surface area contributed by atoms with Crippen molar-refractivity contribution in [1.29, 1.82) is 0 Å². The molecule has 6 heteroatoms. The lowest BCUT2D eigenvalue weighted by atomic mass is 9.88. The van der Waals surface area contributed by atoms with Crippen LogP contribution in [-0.2, 0) is 16.6 Å². The summed E-state index contributed by atoms with van der Waals surface area (Å²) in [4.78, 5) is 20.6. The molecule has 3 aliphatic rings. The van der Waals surface area contributed by atoms with E-state index in [2.05, 4.69) is 23.1 Å². The van der Waals surface area contributed by atoms with Gasteiger partial charge >= 0.3 is 0 Å². The Morgan fingerprint density at radius 2 is 1.86 bits per heavy atom. The molecule has 3 aromatic rings. The number of ketones is 1. The van der Waals surface area contributed by atoms with E-state index in [0.717, 1.165) is 65.6 Å². The predicted octanol–water partition coefficient (Wildman–Crippen LogP) is 4.85. The fraction of sp³-hybridized carbons (Fsp3) is 0.379. The van der Waals surface area contributed by atoms with Crippen molar-refractivity contribution in [2.45, 2.75) is 43.6 Å². The molecule has 1 atom stereocenters. The number of hydrogen-bond donors (Lipinski definition) is 0. The lowest BCUT2D eigenvalue weighted by Crippen LogP contribution is -2.27. The van der Waals surface area contributed by atoms with Crippen molar-refractivity contribution in [3.05, 3.63) is 83.2 Å². The Kier molecular flexibility index (Phi) is 5.69. The van der Waals surface area contributed by atoms with Crippen LogP contribution in [0.3, 0.4) is 0 Å². The Morgan fingerprint density at radius 3 is 2.60 bits per heavy atom. The van der Waals surface area contributed by atoms with Crippen LogP contribution in [0, 0.1) is 0 Å². The van der Waals surface area contributed by atoms with E-state index >= 15 is 0 Å². The highest BCUT2D eigenvalue weighted by molar-refractivity contribution is 5.94. The van der Waals surface area contributed by atoms with Crippen LogP contribution in [-0.4, -0.2) is 42.7 Å². The van der Waals surface area contributed by atoms with Gasteiger partial charge in [-0.2, -0.15) is 0 Å². The van der Waals surface area contributed by atoms with Crippen molar-refractivity contribution >= 4 is 5.78 Å². The van der Waals surface area contributed by atoms with Gasteiger partial charge in [0.1, 0.15) is 11.5 Å². The monoisotopic (exact) mass is 470 g/mol. The highest BCUT2D eigenvalue weighted by atomic mass is 16.7. The summed E-state index contributed by atoms with van der Waals surface area (Å²) in [5.74, 6) is 2.59. The molecule has 0 amide bonds. The Hall–Kier alpha value is -3.38. The van der Waals surface area contributed by atoms with E-state index in [9.17, 15) is 4.79 Å². The number of pyridine rings is 1. The summed E-state index contributed by atoms with van der Waals surface area (Å²) in [6, 6.07) is 18.3. The van der Waals surface area contributed by atoms with E-state index in [4.69, 9.17) is 19.2 Å². The van der Waals surface area contributed by atoms with Crippen LogP contribution in [0.4, 0.5) is 0 Å². The van der Waals surface area contributed by atoms with E-state index in [1.165, 1.54) is 12.8 Å². The molecule has 3 heterocycles. The summed E-state index contributed by atoms with van der Waals surface area (Å²) in [5, 5.41) is 0. The van der Waals surface area contributed by atoms with E-state index in [0.29, 0.717) is 6.42 Å². The molecule has 0 N–H and O–H groups in total. The zero-order valence-electron chi connectivity index (χ0n) is 20.0. The molecule has 2 aromatic carbocycles. The van der Waals surface area contributed by atoms with Crippen LogP contribution < -0.4 is 14.2 Å². The minimum absolute atomic E-state index is 0.0920. The van der Waals surface area contributed by atoms with Crippen LogP contribution in [0.2, 0.25) is 0 Å². The highest BCUT2D eigenvalue weighted by Gasteiger charge is 2.51. The quantitative estimate of drug-likeness (QED) is 0.469. The topological polar surface area (TPSA) is 60.9 Å². The van der Waals surface area contributed by atoms with Gasteiger partial charge in [-0.05, 0) is 74.2 Å². The highest BCUT2D eigenvalue weighted by Crippen LogP contribution is 2.51. The summed E-state index contributed by atoms with van der Waals surface area (Å²) in [6.07, 6.45) is 6.42. The fourth-order valence-corrected chi connectivity index (χ4v) is 5.56. The molecule has 2 fully saturated rings. The van der Waals surface area contributed by atoms with E-state index in [1.807, 2.05) is 42.6 Å². The van der Waals surface area contributed by atoms with Gasteiger partial charge in [0.2, 0.25) is 6.79 Å². The van der Waals surface area contributed by atoms with Gasteiger partial charge in [0.05, 0.1) is 18.6 Å². The van der Waals surface area contributed by atoms with Crippen LogP contribution in [0.25, 0.3) is 0 Å². The van der Waals surface area contributed by atoms with Gasteiger partial charge in [0.15, 0.2) is 11.5 Å². The lowest BCUT2D eigenvalue weighted by molar-refractivity contribution is -0.120. The number of carbonyl (C=O) groups excluding carboxylic acids is 1. The molecular weight excluding hydrogens is 440 g/mol. The third kappa shape index (κ3) is 4.06. The lowest BCUT2D eigenvalue weighted by Gasteiger charge is -2.29. The van der Waals surface area contributed by atoms with Crippen LogP contribution in [0.15, 0.2) is 60.8 Å². The summed E-state index contributed by atoms with van der Waals surface area (Å²) in [5.41, 5.74) is 3.70. The first kappa shape index (κ1) is 22.1. The molecule has 0 radical (unpaired) electrons. The minimum atomic E-state index is -0.420. The molecule has 2 aliphatic heterocycles. The Morgan fingerprint density at radius 1 is 1.06 bits per heavy atom. The molecule has 1 unspecified atom stereocenters. The summed E-state index contributed by atoms with van der Waals surface area (Å²) >= 11 is 0. The Labute approximate surface area is 205 Å². The number of benzene rings is 2. The van der Waals surface area contributed by atoms with Gasteiger partial charge in [0.25, 0.3) is 0 Å². The van der Waals surface area contributed by atoms with Gasteiger partial charge in [0, 0.05) is 23.9 Å². The van der Waals surface area contributed by atoms with E-state index in [-0.39, 0.29) is 18.6 Å². The first-order valence-corrected chi connectivity index (χ1v) is 12.4. The number of para-hydroxylation sites is 1. The molecule has 180 valence electrons. The molecule has 0 spiro atoms. The smallest absolute Gasteiger partial charge is 0.231 e. The van der Waals surface area contributed by atoms with Gasteiger partial charge in [-0.1, -0.05) is 30.3 Å². The van der Waals surface area contributed by atoms with E-state index < -0.39 is 5.41 Å². The van der Waals surface area contributed by atoms with Crippen LogP contribution >= 0.6 is 0 Å².